The maximum absolute atomic E-state index is 14.3. The van der Waals surface area contributed by atoms with Gasteiger partial charge < -0.3 is 20.1 Å². The van der Waals surface area contributed by atoms with Gasteiger partial charge in [-0.1, -0.05) is 50.3 Å². The van der Waals surface area contributed by atoms with E-state index in [9.17, 15) is 19.5 Å². The monoisotopic (exact) mass is 530 g/mol. The zero-order chi connectivity index (χ0) is 27.7. The fourth-order valence-electron chi connectivity index (χ4n) is 7.94. The van der Waals surface area contributed by atoms with Crippen molar-refractivity contribution in [2.75, 3.05) is 0 Å². The molecule has 0 radical (unpaired) electrons. The number of fused-ring (bicyclic) bond motifs is 3. The van der Waals surface area contributed by atoms with E-state index < -0.39 is 23.0 Å². The predicted octanol–water partition coefficient (Wildman–Crippen LogP) is 4.06. The lowest BCUT2D eigenvalue weighted by molar-refractivity contribution is -0.149. The van der Waals surface area contributed by atoms with Crippen molar-refractivity contribution in [3.8, 4) is 0 Å². The standard InChI is InChI=1S/C32H38N2O5/c1-17-8-7-10-22-29-31(4,39-29)19(3)27-24(15-20-16-33-23-11-6-5-9-21(20)23)34-30(38)32(22,27)26(36)13-12-25(35)28(37)18(2)14-17/h5-7,9-11,14,16-17,19,22,24,27-29,33,37H,8,12-13,15H2,1-4H3,(H,34,38)/b10-7+,18-14+/t17-,19-,22-,24?,27-,28+,29-,31+,32+/m0/s1. The Morgan fingerprint density at radius 3 is 2.69 bits per heavy atom. The molecule has 9 atom stereocenters. The lowest BCUT2D eigenvalue weighted by Crippen LogP contribution is -2.58. The van der Waals surface area contributed by atoms with E-state index in [0.29, 0.717) is 18.4 Å². The van der Waals surface area contributed by atoms with E-state index in [1.807, 2.05) is 43.5 Å². The number of H-pyrrole nitrogens is 1. The van der Waals surface area contributed by atoms with Crippen LogP contribution in [-0.2, 0) is 25.5 Å². The van der Waals surface area contributed by atoms with E-state index in [1.165, 1.54) is 0 Å². The number of epoxide rings is 1. The number of rotatable bonds is 2. The van der Waals surface area contributed by atoms with E-state index >= 15 is 0 Å². The molecule has 3 heterocycles. The molecule has 4 aliphatic rings. The van der Waals surface area contributed by atoms with Gasteiger partial charge in [0, 0.05) is 47.8 Å². The number of aliphatic hydroxyl groups is 1. The first-order chi connectivity index (χ1) is 18.6. The Balaban J connectivity index is 1.43. The smallest absolute Gasteiger partial charge is 0.235 e. The van der Waals surface area contributed by atoms with Gasteiger partial charge in [-0.2, -0.15) is 0 Å². The van der Waals surface area contributed by atoms with Gasteiger partial charge in [0.2, 0.25) is 5.91 Å². The number of aliphatic hydroxyl groups excluding tert-OH is 1. The predicted molar refractivity (Wildman–Crippen MR) is 148 cm³/mol. The molecule has 2 aromatic rings. The molecule has 1 aromatic carbocycles. The number of carbonyl (C=O) groups is 3. The molecule has 2 aliphatic carbocycles. The molecule has 1 aromatic heterocycles. The third-order valence-electron chi connectivity index (χ3n) is 10.1. The number of para-hydroxylation sites is 1. The molecule has 2 saturated heterocycles. The zero-order valence-electron chi connectivity index (χ0n) is 23.1. The zero-order valence-corrected chi connectivity index (χ0v) is 23.1. The maximum atomic E-state index is 14.3. The van der Waals surface area contributed by atoms with Crippen molar-refractivity contribution in [2.24, 2.45) is 29.1 Å². The van der Waals surface area contributed by atoms with Gasteiger partial charge >= 0.3 is 0 Å². The number of allylic oxidation sites excluding steroid dienone is 2. The SMILES string of the molecule is C/C1=C\[C@@H](C)C/C=C/[C@H]2[C@@H]3O[C@]3(C)[C@@H](C)[C@H]3C(Cc4c[nH]c5ccccc45)NC(=O)[C@]32C(=O)CCC(=O)[C@@H]1O. The van der Waals surface area contributed by atoms with Crippen molar-refractivity contribution in [3.63, 3.8) is 0 Å². The summed E-state index contributed by atoms with van der Waals surface area (Å²) in [5.41, 5.74) is 0.997. The fraction of sp³-hybridized carbons (Fsp3) is 0.531. The minimum atomic E-state index is -1.32. The third kappa shape index (κ3) is 3.88. The number of hydrogen-bond acceptors (Lipinski definition) is 5. The molecule has 1 saturated carbocycles. The van der Waals surface area contributed by atoms with Gasteiger partial charge in [0.05, 0.1) is 11.7 Å². The van der Waals surface area contributed by atoms with Gasteiger partial charge in [0.15, 0.2) is 5.78 Å². The molecule has 7 nitrogen and oxygen atoms in total. The summed E-state index contributed by atoms with van der Waals surface area (Å²) in [6, 6.07) is 7.84. The Bertz CT molecular complexity index is 1410. The first kappa shape index (κ1) is 26.2. The number of ether oxygens (including phenoxy) is 1. The van der Waals surface area contributed by atoms with Crippen LogP contribution < -0.4 is 5.32 Å². The average molecular weight is 531 g/mol. The number of aromatic nitrogens is 1. The number of aromatic amines is 1. The van der Waals surface area contributed by atoms with Gasteiger partial charge in [-0.3, -0.25) is 14.4 Å². The lowest BCUT2D eigenvalue weighted by Gasteiger charge is -2.46. The van der Waals surface area contributed by atoms with Crippen molar-refractivity contribution >= 4 is 28.4 Å². The van der Waals surface area contributed by atoms with E-state index in [1.54, 1.807) is 6.92 Å². The molecule has 7 heteroatoms. The van der Waals surface area contributed by atoms with E-state index in [0.717, 1.165) is 16.5 Å². The van der Waals surface area contributed by atoms with Crippen molar-refractivity contribution in [1.82, 2.24) is 10.3 Å². The molecule has 0 bridgehead atoms. The summed E-state index contributed by atoms with van der Waals surface area (Å²) in [5.74, 6) is -1.54. The summed E-state index contributed by atoms with van der Waals surface area (Å²) < 4.78 is 6.35. The number of benzene rings is 1. The highest BCUT2D eigenvalue weighted by Gasteiger charge is 2.78. The number of ketones is 2. The highest BCUT2D eigenvalue weighted by atomic mass is 16.6. The second kappa shape index (κ2) is 9.27. The molecule has 6 rings (SSSR count). The van der Waals surface area contributed by atoms with Crippen LogP contribution in [0.1, 0.15) is 52.5 Å². The Labute approximate surface area is 229 Å². The van der Waals surface area contributed by atoms with Crippen LogP contribution in [0.2, 0.25) is 0 Å². The van der Waals surface area contributed by atoms with Crippen LogP contribution >= 0.6 is 0 Å². The molecule has 206 valence electrons. The first-order valence-corrected chi connectivity index (χ1v) is 14.2. The Hall–Kier alpha value is -3.03. The lowest BCUT2D eigenvalue weighted by atomic mass is 9.51. The number of amides is 1. The van der Waals surface area contributed by atoms with E-state index in [-0.39, 0.29) is 60.2 Å². The molecular weight excluding hydrogens is 492 g/mol. The molecule has 3 N–H and O–H groups in total. The van der Waals surface area contributed by atoms with Gasteiger partial charge in [-0.15, -0.1) is 0 Å². The van der Waals surface area contributed by atoms with Crippen LogP contribution in [0.3, 0.4) is 0 Å². The van der Waals surface area contributed by atoms with E-state index in [2.05, 4.69) is 36.3 Å². The maximum Gasteiger partial charge on any atom is 0.235 e. The second-order valence-electron chi connectivity index (χ2n) is 12.4. The van der Waals surface area contributed by atoms with Crippen LogP contribution in [0, 0.1) is 29.1 Å². The molecule has 1 unspecified atom stereocenters. The van der Waals surface area contributed by atoms with Crippen molar-refractivity contribution in [1.29, 1.82) is 0 Å². The second-order valence-corrected chi connectivity index (χ2v) is 12.4. The van der Waals surface area contributed by atoms with Gasteiger partial charge in [-0.05, 0) is 55.7 Å². The summed E-state index contributed by atoms with van der Waals surface area (Å²) in [4.78, 5) is 44.7. The average Bonchev–Trinajstić information content (AvgIpc) is 3.31. The van der Waals surface area contributed by atoms with Gasteiger partial charge in [-0.25, -0.2) is 0 Å². The van der Waals surface area contributed by atoms with E-state index in [4.69, 9.17) is 4.74 Å². The topological polar surface area (TPSA) is 112 Å². The van der Waals surface area contributed by atoms with Gasteiger partial charge in [0.25, 0.3) is 0 Å². The van der Waals surface area contributed by atoms with Gasteiger partial charge in [0.1, 0.15) is 17.3 Å². The Morgan fingerprint density at radius 2 is 1.90 bits per heavy atom. The van der Waals surface area contributed by atoms with Crippen molar-refractivity contribution < 1.29 is 24.2 Å². The highest BCUT2D eigenvalue weighted by molar-refractivity contribution is 6.10. The van der Waals surface area contributed by atoms with Crippen LogP contribution in [0.15, 0.2) is 54.3 Å². The highest BCUT2D eigenvalue weighted by Crippen LogP contribution is 2.66. The number of carbonyl (C=O) groups excluding carboxylic acids is 3. The Morgan fingerprint density at radius 1 is 1.13 bits per heavy atom. The van der Waals surface area contributed by atoms with Crippen LogP contribution in [-0.4, -0.2) is 51.4 Å². The van der Waals surface area contributed by atoms with Crippen LogP contribution in [0.4, 0.5) is 0 Å². The molecular formula is C32H38N2O5. The number of hydrogen-bond donors (Lipinski definition) is 3. The number of Topliss-reactive ketones (excluding diaryl/α,β-unsaturated/α-hetero) is 2. The Kier molecular flexibility index (Phi) is 6.23. The quantitative estimate of drug-likeness (QED) is 0.308. The van der Waals surface area contributed by atoms with Crippen molar-refractivity contribution in [3.05, 3.63) is 59.8 Å². The fourth-order valence-corrected chi connectivity index (χ4v) is 7.94. The number of nitrogens with one attached hydrogen (secondary N) is 2. The normalized spacial score (nSPS) is 42.6. The summed E-state index contributed by atoms with van der Waals surface area (Å²) in [6.07, 6.45) is 7.62. The molecule has 1 spiro atoms. The summed E-state index contributed by atoms with van der Waals surface area (Å²) in [7, 11) is 0. The summed E-state index contributed by atoms with van der Waals surface area (Å²) in [6.45, 7) is 8.00. The molecule has 2 aliphatic heterocycles. The minimum Gasteiger partial charge on any atom is -0.381 e. The third-order valence-corrected chi connectivity index (χ3v) is 10.1. The molecule has 3 fully saturated rings. The van der Waals surface area contributed by atoms with Crippen LogP contribution in [0.25, 0.3) is 10.9 Å². The first-order valence-electron chi connectivity index (χ1n) is 14.2. The molecule has 1 amide bonds. The van der Waals surface area contributed by atoms with Crippen LogP contribution in [0.5, 0.6) is 0 Å². The minimum absolute atomic E-state index is 0.0509. The summed E-state index contributed by atoms with van der Waals surface area (Å²) >= 11 is 0. The molecule has 39 heavy (non-hydrogen) atoms. The largest absolute Gasteiger partial charge is 0.381 e. The van der Waals surface area contributed by atoms with Crippen molar-refractivity contribution in [2.45, 2.75) is 77.2 Å². The summed E-state index contributed by atoms with van der Waals surface area (Å²) in [5, 5.41) is 15.0.